The van der Waals surface area contributed by atoms with E-state index in [1.54, 1.807) is 13.0 Å². The molecule has 0 saturated carbocycles. The van der Waals surface area contributed by atoms with E-state index < -0.39 is 6.10 Å². The Hall–Kier alpha value is -1.55. The van der Waals surface area contributed by atoms with Crippen molar-refractivity contribution in [2.45, 2.75) is 39.9 Å². The molecular weight excluding hydrogens is 216 g/mol. The molecule has 0 fully saturated rings. The summed E-state index contributed by atoms with van der Waals surface area (Å²) in [5.41, 5.74) is 8.04. The van der Waals surface area contributed by atoms with Gasteiger partial charge < -0.3 is 15.8 Å². The van der Waals surface area contributed by atoms with Crippen LogP contribution in [0.3, 0.4) is 0 Å². The summed E-state index contributed by atoms with van der Waals surface area (Å²) in [5.74, 6) is -0.160. The number of rotatable bonds is 4. The molecule has 0 aliphatic carbocycles. The molecule has 0 aromatic heterocycles. The van der Waals surface area contributed by atoms with Gasteiger partial charge in [0.05, 0.1) is 6.10 Å². The third-order valence-corrected chi connectivity index (χ3v) is 2.48. The Kier molecular flexibility index (Phi) is 4.52. The molecule has 4 heteroatoms. The normalized spacial score (nSPS) is 12.5. The van der Waals surface area contributed by atoms with Gasteiger partial charge in [0.15, 0.2) is 0 Å². The number of carbonyl (C=O) groups excluding carboxylic acids is 1. The Morgan fingerprint density at radius 3 is 2.59 bits per heavy atom. The number of nitrogens with one attached hydrogen (secondary N) is 1. The van der Waals surface area contributed by atoms with Crippen LogP contribution in [0.2, 0.25) is 0 Å². The number of anilines is 2. The molecule has 1 aromatic rings. The smallest absolute Gasteiger partial charge is 0.253 e. The minimum Gasteiger partial charge on any atom is -0.398 e. The van der Waals surface area contributed by atoms with E-state index in [2.05, 4.69) is 5.32 Å². The highest BCUT2D eigenvalue weighted by atomic mass is 16.5. The highest BCUT2D eigenvalue weighted by Gasteiger charge is 2.15. The van der Waals surface area contributed by atoms with E-state index in [9.17, 15) is 4.79 Å². The molecule has 0 spiro atoms. The second-order valence-electron chi connectivity index (χ2n) is 4.34. The van der Waals surface area contributed by atoms with Crippen molar-refractivity contribution in [3.05, 3.63) is 23.8 Å². The molecule has 0 heterocycles. The zero-order valence-corrected chi connectivity index (χ0v) is 10.8. The molecular formula is C13H20N2O2. The molecule has 0 radical (unpaired) electrons. The average Bonchev–Trinajstić information content (AvgIpc) is 2.23. The third-order valence-electron chi connectivity index (χ3n) is 2.48. The zero-order valence-electron chi connectivity index (χ0n) is 10.8. The van der Waals surface area contributed by atoms with Crippen molar-refractivity contribution in [3.8, 4) is 0 Å². The fourth-order valence-electron chi connectivity index (χ4n) is 1.49. The van der Waals surface area contributed by atoms with E-state index in [4.69, 9.17) is 10.5 Å². The summed E-state index contributed by atoms with van der Waals surface area (Å²) in [6, 6.07) is 5.44. The number of ether oxygens (including phenoxy) is 1. The van der Waals surface area contributed by atoms with Gasteiger partial charge in [-0.2, -0.15) is 0 Å². The van der Waals surface area contributed by atoms with E-state index in [1.165, 1.54) is 0 Å². The summed E-state index contributed by atoms with van der Waals surface area (Å²) in [6.45, 7) is 7.40. The minimum atomic E-state index is -0.476. The number of carbonyl (C=O) groups is 1. The van der Waals surface area contributed by atoms with Gasteiger partial charge >= 0.3 is 0 Å². The van der Waals surface area contributed by atoms with Crippen LogP contribution in [0.1, 0.15) is 26.3 Å². The number of benzene rings is 1. The molecule has 4 nitrogen and oxygen atoms in total. The van der Waals surface area contributed by atoms with Gasteiger partial charge in [-0.05, 0) is 45.4 Å². The van der Waals surface area contributed by atoms with Crippen molar-refractivity contribution >= 4 is 17.3 Å². The van der Waals surface area contributed by atoms with Gasteiger partial charge in [0.2, 0.25) is 0 Å². The molecule has 94 valence electrons. The standard InChI is InChI=1S/C13H20N2O2/c1-8(2)17-10(4)13(16)15-12-7-5-6-11(14)9(12)3/h5-8,10H,14H2,1-4H3,(H,15,16). The largest absolute Gasteiger partial charge is 0.398 e. The maximum Gasteiger partial charge on any atom is 0.253 e. The van der Waals surface area contributed by atoms with Gasteiger partial charge in [-0.3, -0.25) is 4.79 Å². The van der Waals surface area contributed by atoms with E-state index in [-0.39, 0.29) is 12.0 Å². The number of amides is 1. The fraction of sp³-hybridized carbons (Fsp3) is 0.462. The summed E-state index contributed by atoms with van der Waals surface area (Å²) in [6.07, 6.45) is -0.450. The molecule has 0 aliphatic heterocycles. The van der Waals surface area contributed by atoms with Crippen LogP contribution in [0.4, 0.5) is 11.4 Å². The monoisotopic (exact) mass is 236 g/mol. The van der Waals surface area contributed by atoms with Crippen molar-refractivity contribution in [2.24, 2.45) is 0 Å². The van der Waals surface area contributed by atoms with E-state index >= 15 is 0 Å². The van der Waals surface area contributed by atoms with Crippen molar-refractivity contribution in [1.82, 2.24) is 0 Å². The summed E-state index contributed by atoms with van der Waals surface area (Å²) < 4.78 is 5.41. The molecule has 0 bridgehead atoms. The average molecular weight is 236 g/mol. The molecule has 0 aliphatic rings. The molecule has 17 heavy (non-hydrogen) atoms. The molecule has 1 unspecified atom stereocenters. The van der Waals surface area contributed by atoms with Gasteiger partial charge in [0, 0.05) is 11.4 Å². The third kappa shape index (κ3) is 3.75. The van der Waals surface area contributed by atoms with Crippen molar-refractivity contribution < 1.29 is 9.53 Å². The lowest BCUT2D eigenvalue weighted by Crippen LogP contribution is -2.30. The van der Waals surface area contributed by atoms with Crippen LogP contribution in [-0.4, -0.2) is 18.1 Å². The Morgan fingerprint density at radius 1 is 1.35 bits per heavy atom. The Balaban J connectivity index is 2.71. The van der Waals surface area contributed by atoms with Crippen LogP contribution in [0.15, 0.2) is 18.2 Å². The lowest BCUT2D eigenvalue weighted by atomic mass is 10.1. The highest BCUT2D eigenvalue weighted by molar-refractivity contribution is 5.95. The number of nitrogen functional groups attached to an aromatic ring is 1. The Morgan fingerprint density at radius 2 is 2.00 bits per heavy atom. The summed E-state index contributed by atoms with van der Waals surface area (Å²) in [5, 5.41) is 2.81. The van der Waals surface area contributed by atoms with Crippen molar-refractivity contribution in [3.63, 3.8) is 0 Å². The van der Waals surface area contributed by atoms with Gasteiger partial charge in [-0.15, -0.1) is 0 Å². The van der Waals surface area contributed by atoms with Crippen LogP contribution < -0.4 is 11.1 Å². The van der Waals surface area contributed by atoms with Crippen LogP contribution >= 0.6 is 0 Å². The second-order valence-corrected chi connectivity index (χ2v) is 4.34. The Labute approximate surface area is 102 Å². The van der Waals surface area contributed by atoms with Crippen LogP contribution in [-0.2, 0) is 9.53 Å². The highest BCUT2D eigenvalue weighted by Crippen LogP contribution is 2.20. The lowest BCUT2D eigenvalue weighted by Gasteiger charge is -2.17. The van der Waals surface area contributed by atoms with E-state index in [0.29, 0.717) is 5.69 Å². The number of nitrogens with two attached hydrogens (primary N) is 1. The first-order valence-corrected chi connectivity index (χ1v) is 5.73. The zero-order chi connectivity index (χ0) is 13.0. The van der Waals surface area contributed by atoms with Crippen molar-refractivity contribution in [1.29, 1.82) is 0 Å². The topological polar surface area (TPSA) is 64.3 Å². The van der Waals surface area contributed by atoms with Crippen molar-refractivity contribution in [2.75, 3.05) is 11.1 Å². The molecule has 1 rings (SSSR count). The first kappa shape index (κ1) is 13.5. The van der Waals surface area contributed by atoms with Crippen LogP contribution in [0, 0.1) is 6.92 Å². The van der Waals surface area contributed by atoms with E-state index in [0.717, 1.165) is 11.3 Å². The molecule has 1 atom stereocenters. The quantitative estimate of drug-likeness (QED) is 0.788. The second kappa shape index (κ2) is 5.68. The van der Waals surface area contributed by atoms with E-state index in [1.807, 2.05) is 32.9 Å². The first-order chi connectivity index (χ1) is 7.91. The lowest BCUT2D eigenvalue weighted by molar-refractivity contribution is -0.128. The number of hydrogen-bond acceptors (Lipinski definition) is 3. The predicted molar refractivity (Wildman–Crippen MR) is 69.9 cm³/mol. The minimum absolute atomic E-state index is 0.0256. The first-order valence-electron chi connectivity index (χ1n) is 5.73. The molecule has 3 N–H and O–H groups in total. The van der Waals surface area contributed by atoms with Gasteiger partial charge in [-0.1, -0.05) is 6.07 Å². The Bertz CT molecular complexity index is 402. The maximum atomic E-state index is 11.8. The summed E-state index contributed by atoms with van der Waals surface area (Å²) >= 11 is 0. The number of hydrogen-bond donors (Lipinski definition) is 2. The SMILES string of the molecule is Cc1c(N)cccc1NC(=O)C(C)OC(C)C. The molecule has 1 aromatic carbocycles. The van der Waals surface area contributed by atoms with Crippen LogP contribution in [0.5, 0.6) is 0 Å². The van der Waals surface area contributed by atoms with Crippen LogP contribution in [0.25, 0.3) is 0 Å². The molecule has 0 saturated heterocycles. The van der Waals surface area contributed by atoms with Gasteiger partial charge in [0.25, 0.3) is 5.91 Å². The summed E-state index contributed by atoms with van der Waals surface area (Å²) in [7, 11) is 0. The van der Waals surface area contributed by atoms with Gasteiger partial charge in [-0.25, -0.2) is 0 Å². The molecule has 1 amide bonds. The predicted octanol–water partition coefficient (Wildman–Crippen LogP) is 2.33. The fourth-order valence-corrected chi connectivity index (χ4v) is 1.49. The maximum absolute atomic E-state index is 11.8. The van der Waals surface area contributed by atoms with Gasteiger partial charge in [0.1, 0.15) is 6.10 Å². The summed E-state index contributed by atoms with van der Waals surface area (Å²) in [4.78, 5) is 11.8.